The Morgan fingerprint density at radius 1 is 0.857 bits per heavy atom. The fourth-order valence-corrected chi connectivity index (χ4v) is 2.12. The summed E-state index contributed by atoms with van der Waals surface area (Å²) in [6, 6.07) is 13.3. The van der Waals surface area contributed by atoms with E-state index in [1.807, 2.05) is 43.3 Å². The number of hydrogen-bond acceptors (Lipinski definition) is 5. The third-order valence-corrected chi connectivity index (χ3v) is 3.69. The highest BCUT2D eigenvalue weighted by Gasteiger charge is 2.07. The SMILES string of the molecule is CN(C)c1ccc(N=Nc2ccc(S([NH])(=O)=O)cc2)cc1. The Bertz CT molecular complexity index is 736. The van der Waals surface area contributed by atoms with Crippen LogP contribution in [0, 0.1) is 0 Å². The predicted octanol–water partition coefficient (Wildman–Crippen LogP) is 3.14. The van der Waals surface area contributed by atoms with Crippen molar-refractivity contribution in [1.82, 2.24) is 5.14 Å². The molecule has 0 spiro atoms. The van der Waals surface area contributed by atoms with Gasteiger partial charge in [-0.15, -0.1) is 5.14 Å². The number of nitrogens with one attached hydrogen (secondary N) is 1. The zero-order valence-corrected chi connectivity index (χ0v) is 12.5. The molecule has 0 bridgehead atoms. The van der Waals surface area contributed by atoms with Gasteiger partial charge < -0.3 is 4.90 Å². The summed E-state index contributed by atoms with van der Waals surface area (Å²) in [5.74, 6) is 0. The smallest absolute Gasteiger partial charge is 0.254 e. The molecule has 1 N–H and O–H groups in total. The molecule has 2 aromatic rings. The van der Waals surface area contributed by atoms with Crippen molar-refractivity contribution in [2.24, 2.45) is 10.2 Å². The molecule has 0 saturated carbocycles. The van der Waals surface area contributed by atoms with E-state index in [-0.39, 0.29) is 4.90 Å². The molecule has 2 rings (SSSR count). The lowest BCUT2D eigenvalue weighted by Crippen LogP contribution is -2.07. The Hall–Kier alpha value is -2.25. The van der Waals surface area contributed by atoms with E-state index in [1.165, 1.54) is 24.3 Å². The predicted molar refractivity (Wildman–Crippen MR) is 81.7 cm³/mol. The van der Waals surface area contributed by atoms with Crippen molar-refractivity contribution in [2.45, 2.75) is 4.90 Å². The maximum atomic E-state index is 11.0. The van der Waals surface area contributed by atoms with Crippen molar-refractivity contribution >= 4 is 27.1 Å². The minimum atomic E-state index is -3.93. The van der Waals surface area contributed by atoms with E-state index in [2.05, 4.69) is 10.2 Å². The van der Waals surface area contributed by atoms with Crippen molar-refractivity contribution in [3.63, 3.8) is 0 Å². The molecule has 0 unspecified atom stereocenters. The van der Waals surface area contributed by atoms with Gasteiger partial charge in [0.25, 0.3) is 10.0 Å². The van der Waals surface area contributed by atoms with Crippen molar-refractivity contribution in [3.8, 4) is 0 Å². The molecular weight excluding hydrogens is 288 g/mol. The fourth-order valence-electron chi connectivity index (χ4n) is 1.62. The Labute approximate surface area is 124 Å². The monoisotopic (exact) mass is 303 g/mol. The average molecular weight is 303 g/mol. The van der Waals surface area contributed by atoms with E-state index < -0.39 is 10.0 Å². The normalized spacial score (nSPS) is 11.8. The summed E-state index contributed by atoms with van der Waals surface area (Å²) in [6.07, 6.45) is 0. The van der Waals surface area contributed by atoms with Gasteiger partial charge in [0.15, 0.2) is 0 Å². The van der Waals surface area contributed by atoms with E-state index in [1.54, 1.807) is 0 Å². The van der Waals surface area contributed by atoms with Gasteiger partial charge in [-0.25, -0.2) is 8.42 Å². The molecule has 0 amide bonds. The molecule has 7 heteroatoms. The first-order chi connectivity index (χ1) is 9.86. The van der Waals surface area contributed by atoms with Crippen LogP contribution in [0.25, 0.3) is 0 Å². The summed E-state index contributed by atoms with van der Waals surface area (Å²) in [7, 11) is -0.0130. The van der Waals surface area contributed by atoms with Crippen molar-refractivity contribution in [1.29, 1.82) is 0 Å². The lowest BCUT2D eigenvalue weighted by molar-refractivity contribution is 0.596. The van der Waals surface area contributed by atoms with Crippen LogP contribution < -0.4 is 10.0 Å². The summed E-state index contributed by atoms with van der Waals surface area (Å²) in [6.45, 7) is 0. The second-order valence-corrected chi connectivity index (χ2v) is 6.09. The highest BCUT2D eigenvalue weighted by Crippen LogP contribution is 2.22. The molecule has 2 aromatic carbocycles. The van der Waals surface area contributed by atoms with Gasteiger partial charge in [-0.05, 0) is 48.5 Å². The second kappa shape index (κ2) is 6.02. The Kier molecular flexibility index (Phi) is 4.35. The third kappa shape index (κ3) is 4.11. The summed E-state index contributed by atoms with van der Waals surface area (Å²) in [4.78, 5) is 1.93. The molecule has 1 radical (unpaired) electrons. The van der Waals surface area contributed by atoms with Crippen LogP contribution in [0.3, 0.4) is 0 Å². The summed E-state index contributed by atoms with van der Waals surface area (Å²) >= 11 is 0. The number of hydrogen-bond donors (Lipinski definition) is 0. The van der Waals surface area contributed by atoms with E-state index in [0.29, 0.717) is 11.4 Å². The maximum absolute atomic E-state index is 11.0. The molecule has 0 aromatic heterocycles. The van der Waals surface area contributed by atoms with Crippen LogP contribution in [0.5, 0.6) is 0 Å². The van der Waals surface area contributed by atoms with E-state index in [9.17, 15) is 8.42 Å². The van der Waals surface area contributed by atoms with Crippen LogP contribution in [0.1, 0.15) is 0 Å². The number of nitrogens with zero attached hydrogens (tertiary/aromatic N) is 3. The number of benzene rings is 2. The maximum Gasteiger partial charge on any atom is 0.254 e. The van der Waals surface area contributed by atoms with Gasteiger partial charge in [0, 0.05) is 19.8 Å². The molecule has 0 aliphatic rings. The van der Waals surface area contributed by atoms with Crippen LogP contribution in [0.15, 0.2) is 63.7 Å². The van der Waals surface area contributed by atoms with Gasteiger partial charge in [-0.2, -0.15) is 10.2 Å². The number of sulfonamides is 1. The standard InChI is InChI=1S/C14H15N4O2S/c1-18(2)13-7-3-11(4-8-13)16-17-12-5-9-14(10-6-12)21(15,19)20/h3-10,15H,1-2H3. The molecular formula is C14H15N4O2S. The largest absolute Gasteiger partial charge is 0.378 e. The average Bonchev–Trinajstić information content (AvgIpc) is 2.45. The van der Waals surface area contributed by atoms with E-state index >= 15 is 0 Å². The highest BCUT2D eigenvalue weighted by atomic mass is 32.2. The lowest BCUT2D eigenvalue weighted by atomic mass is 10.3. The molecule has 0 heterocycles. The zero-order valence-electron chi connectivity index (χ0n) is 11.7. The highest BCUT2D eigenvalue weighted by molar-refractivity contribution is 7.88. The first-order valence-corrected chi connectivity index (χ1v) is 7.63. The van der Waals surface area contributed by atoms with Gasteiger partial charge in [0.2, 0.25) is 0 Å². The lowest BCUT2D eigenvalue weighted by Gasteiger charge is -2.11. The second-order valence-electron chi connectivity index (χ2n) is 4.61. The topological polar surface area (TPSA) is 85.9 Å². The van der Waals surface area contributed by atoms with Crippen LogP contribution in [-0.4, -0.2) is 22.5 Å². The van der Waals surface area contributed by atoms with Crippen molar-refractivity contribution in [2.75, 3.05) is 19.0 Å². The molecule has 0 saturated heterocycles. The molecule has 0 aliphatic heterocycles. The minimum Gasteiger partial charge on any atom is -0.378 e. The Morgan fingerprint density at radius 3 is 1.67 bits per heavy atom. The Balaban J connectivity index is 2.14. The molecule has 6 nitrogen and oxygen atoms in total. The number of anilines is 1. The first kappa shape index (κ1) is 15.1. The van der Waals surface area contributed by atoms with Gasteiger partial charge >= 0.3 is 0 Å². The van der Waals surface area contributed by atoms with E-state index in [4.69, 9.17) is 5.14 Å². The Morgan fingerprint density at radius 2 is 1.29 bits per heavy atom. The molecule has 0 fully saturated rings. The van der Waals surface area contributed by atoms with Crippen LogP contribution in [-0.2, 0) is 10.0 Å². The quantitative estimate of drug-likeness (QED) is 0.813. The number of azo groups is 1. The summed E-state index contributed by atoms with van der Waals surface area (Å²) in [5, 5.41) is 15.1. The number of rotatable bonds is 4. The van der Waals surface area contributed by atoms with Gasteiger partial charge in [0.1, 0.15) is 0 Å². The van der Waals surface area contributed by atoms with Crippen molar-refractivity contribution in [3.05, 3.63) is 48.5 Å². The van der Waals surface area contributed by atoms with Crippen LogP contribution in [0.4, 0.5) is 17.1 Å². The van der Waals surface area contributed by atoms with Gasteiger partial charge in [0.05, 0.1) is 16.3 Å². The fraction of sp³-hybridized carbons (Fsp3) is 0.143. The minimum absolute atomic E-state index is 0.0585. The van der Waals surface area contributed by atoms with E-state index in [0.717, 1.165) is 5.69 Å². The third-order valence-electron chi connectivity index (χ3n) is 2.79. The summed E-state index contributed by atoms with van der Waals surface area (Å²) < 4.78 is 22.0. The molecule has 21 heavy (non-hydrogen) atoms. The zero-order chi connectivity index (χ0) is 15.5. The molecule has 109 valence electrons. The first-order valence-electron chi connectivity index (χ1n) is 6.15. The molecule has 0 atom stereocenters. The van der Waals surface area contributed by atoms with Gasteiger partial charge in [-0.3, -0.25) is 0 Å². The van der Waals surface area contributed by atoms with Crippen molar-refractivity contribution < 1.29 is 8.42 Å². The van der Waals surface area contributed by atoms with Crippen LogP contribution >= 0.6 is 0 Å². The molecule has 0 aliphatic carbocycles. The van der Waals surface area contributed by atoms with Crippen LogP contribution in [0.2, 0.25) is 0 Å². The van der Waals surface area contributed by atoms with Gasteiger partial charge in [-0.1, -0.05) is 0 Å². The summed E-state index contributed by atoms with van der Waals surface area (Å²) in [5.41, 5.74) is 2.30.